The van der Waals surface area contributed by atoms with Crippen LogP contribution in [0.15, 0.2) is 0 Å². The summed E-state index contributed by atoms with van der Waals surface area (Å²) in [5, 5.41) is 6.05. The van der Waals surface area contributed by atoms with E-state index in [4.69, 9.17) is 11.6 Å². The van der Waals surface area contributed by atoms with Gasteiger partial charge in [-0.25, -0.2) is 0 Å². The zero-order chi connectivity index (χ0) is 14.7. The molecule has 3 heterocycles. The van der Waals surface area contributed by atoms with Gasteiger partial charge in [0.1, 0.15) is 6.04 Å². The zero-order valence-corrected chi connectivity index (χ0v) is 12.6. The first-order chi connectivity index (χ1) is 10.2. The van der Waals surface area contributed by atoms with Crippen molar-refractivity contribution in [3.63, 3.8) is 0 Å². The molecular weight excluding hydrogens is 292 g/mol. The van der Waals surface area contributed by atoms with Gasteiger partial charge in [0.15, 0.2) is 0 Å². The molecule has 0 aliphatic carbocycles. The lowest BCUT2D eigenvalue weighted by Crippen LogP contribution is -2.44. The van der Waals surface area contributed by atoms with Crippen LogP contribution in [0.2, 0.25) is 5.28 Å². The highest BCUT2D eigenvalue weighted by Crippen LogP contribution is 2.19. The molecule has 2 fully saturated rings. The molecule has 7 nitrogen and oxygen atoms in total. The average Bonchev–Trinajstić information content (AvgIpc) is 2.50. The fourth-order valence-electron chi connectivity index (χ4n) is 2.71. The predicted octanol–water partition coefficient (Wildman–Crippen LogP) is 1.21. The average molecular weight is 311 g/mol. The summed E-state index contributed by atoms with van der Waals surface area (Å²) in [6.45, 7) is 2.60. The quantitative estimate of drug-likeness (QED) is 0.873. The molecule has 1 unspecified atom stereocenters. The molecule has 114 valence electrons. The summed E-state index contributed by atoms with van der Waals surface area (Å²) in [5.41, 5.74) is 0. The molecule has 21 heavy (non-hydrogen) atoms. The van der Waals surface area contributed by atoms with Crippen LogP contribution in [0.5, 0.6) is 0 Å². The van der Waals surface area contributed by atoms with Crippen molar-refractivity contribution in [1.29, 1.82) is 0 Å². The molecule has 2 saturated heterocycles. The lowest BCUT2D eigenvalue weighted by Gasteiger charge is -2.27. The number of hydrogen-bond acceptors (Lipinski definition) is 6. The van der Waals surface area contributed by atoms with E-state index in [1.807, 2.05) is 0 Å². The molecule has 2 aliphatic heterocycles. The Bertz CT molecular complexity index is 519. The van der Waals surface area contributed by atoms with Crippen LogP contribution < -0.4 is 15.5 Å². The summed E-state index contributed by atoms with van der Waals surface area (Å²) in [6, 6.07) is -0.300. The Morgan fingerprint density at radius 3 is 2.71 bits per heavy atom. The highest BCUT2D eigenvalue weighted by atomic mass is 35.5. The normalized spacial score (nSPS) is 22.8. The molecule has 0 bridgehead atoms. The van der Waals surface area contributed by atoms with Crippen molar-refractivity contribution in [2.45, 2.75) is 38.1 Å². The van der Waals surface area contributed by atoms with E-state index in [-0.39, 0.29) is 17.2 Å². The van der Waals surface area contributed by atoms with E-state index in [0.29, 0.717) is 11.9 Å². The van der Waals surface area contributed by atoms with Gasteiger partial charge in [-0.3, -0.25) is 4.79 Å². The van der Waals surface area contributed by atoms with Gasteiger partial charge in [-0.05, 0) is 43.7 Å². The van der Waals surface area contributed by atoms with Crippen molar-refractivity contribution in [3.8, 4) is 0 Å². The van der Waals surface area contributed by atoms with Crippen LogP contribution in [0.3, 0.4) is 0 Å². The molecule has 0 spiro atoms. The monoisotopic (exact) mass is 310 g/mol. The highest BCUT2D eigenvalue weighted by Gasteiger charge is 2.23. The van der Waals surface area contributed by atoms with Crippen LogP contribution >= 0.6 is 11.6 Å². The summed E-state index contributed by atoms with van der Waals surface area (Å²) in [6.07, 6.45) is 5.23. The van der Waals surface area contributed by atoms with Crippen molar-refractivity contribution in [2.75, 3.05) is 29.9 Å². The van der Waals surface area contributed by atoms with Crippen molar-refractivity contribution in [1.82, 2.24) is 20.3 Å². The number of piperidine rings is 2. The van der Waals surface area contributed by atoms with Crippen LogP contribution in [0.25, 0.3) is 0 Å². The van der Waals surface area contributed by atoms with Gasteiger partial charge in [-0.2, -0.15) is 15.0 Å². The molecule has 1 aromatic heterocycles. The van der Waals surface area contributed by atoms with Gasteiger partial charge in [0.25, 0.3) is 0 Å². The van der Waals surface area contributed by atoms with Crippen LogP contribution in [-0.4, -0.2) is 46.5 Å². The standard InChI is InChI=1S/C13H19ClN6O/c14-11-17-12(16-9-5-4-6-15-10(9)21)19-13(18-11)20-7-2-1-3-8-20/h9H,1-8H2,(H,15,21)(H,16,17,18,19). The summed E-state index contributed by atoms with van der Waals surface area (Å²) in [5.74, 6) is 0.948. The Hall–Kier alpha value is -1.63. The minimum atomic E-state index is -0.300. The van der Waals surface area contributed by atoms with Gasteiger partial charge < -0.3 is 15.5 Å². The maximum atomic E-state index is 11.8. The number of hydrogen-bond donors (Lipinski definition) is 2. The molecule has 2 aliphatic rings. The van der Waals surface area contributed by atoms with E-state index in [1.54, 1.807) is 0 Å². The van der Waals surface area contributed by atoms with E-state index in [2.05, 4.69) is 30.5 Å². The van der Waals surface area contributed by atoms with Gasteiger partial charge in [0.05, 0.1) is 0 Å². The largest absolute Gasteiger partial charge is 0.354 e. The second-order valence-electron chi connectivity index (χ2n) is 5.41. The Labute approximate surface area is 128 Å². The minimum Gasteiger partial charge on any atom is -0.354 e. The predicted molar refractivity (Wildman–Crippen MR) is 80.6 cm³/mol. The summed E-state index contributed by atoms with van der Waals surface area (Å²) in [4.78, 5) is 26.6. The second-order valence-corrected chi connectivity index (χ2v) is 5.74. The maximum absolute atomic E-state index is 11.8. The van der Waals surface area contributed by atoms with Crippen molar-refractivity contribution in [2.24, 2.45) is 0 Å². The van der Waals surface area contributed by atoms with E-state index in [9.17, 15) is 4.79 Å². The number of nitrogens with zero attached hydrogens (tertiary/aromatic N) is 4. The minimum absolute atomic E-state index is 0.0164. The SMILES string of the molecule is O=C1NCCCC1Nc1nc(Cl)nc(N2CCCCC2)n1. The third-order valence-corrected chi connectivity index (χ3v) is 3.99. The van der Waals surface area contributed by atoms with Gasteiger partial charge in [0.2, 0.25) is 23.1 Å². The number of nitrogens with one attached hydrogen (secondary N) is 2. The number of halogens is 1. The molecule has 0 saturated carbocycles. The Morgan fingerprint density at radius 1 is 1.14 bits per heavy atom. The maximum Gasteiger partial charge on any atom is 0.242 e. The first-order valence-corrected chi connectivity index (χ1v) is 7.81. The number of amides is 1. The van der Waals surface area contributed by atoms with Gasteiger partial charge in [0, 0.05) is 19.6 Å². The second kappa shape index (κ2) is 6.43. The fraction of sp³-hybridized carbons (Fsp3) is 0.692. The third-order valence-electron chi connectivity index (χ3n) is 3.82. The Morgan fingerprint density at radius 2 is 1.95 bits per heavy atom. The highest BCUT2D eigenvalue weighted by molar-refractivity contribution is 6.28. The number of carbonyl (C=O) groups excluding carboxylic acids is 1. The van der Waals surface area contributed by atoms with Crippen molar-refractivity contribution < 1.29 is 4.79 Å². The lowest BCUT2D eigenvalue weighted by atomic mass is 10.1. The van der Waals surface area contributed by atoms with Crippen LogP contribution in [-0.2, 0) is 4.79 Å². The van der Waals surface area contributed by atoms with Crippen LogP contribution in [0, 0.1) is 0 Å². The first-order valence-electron chi connectivity index (χ1n) is 7.43. The molecule has 1 aromatic rings. The van der Waals surface area contributed by atoms with Gasteiger partial charge in [-0.1, -0.05) is 0 Å². The van der Waals surface area contributed by atoms with E-state index in [0.717, 1.165) is 45.3 Å². The molecule has 1 amide bonds. The van der Waals surface area contributed by atoms with Crippen molar-refractivity contribution >= 4 is 29.4 Å². The van der Waals surface area contributed by atoms with E-state index in [1.165, 1.54) is 6.42 Å². The molecule has 2 N–H and O–H groups in total. The Kier molecular flexibility index (Phi) is 4.38. The number of aromatic nitrogens is 3. The third kappa shape index (κ3) is 3.53. The fourth-order valence-corrected chi connectivity index (χ4v) is 2.86. The molecular formula is C13H19ClN6O. The molecule has 1 atom stereocenters. The molecule has 0 radical (unpaired) electrons. The molecule has 8 heteroatoms. The topological polar surface area (TPSA) is 83.0 Å². The summed E-state index contributed by atoms with van der Waals surface area (Å²) >= 11 is 5.99. The summed E-state index contributed by atoms with van der Waals surface area (Å²) in [7, 11) is 0. The summed E-state index contributed by atoms with van der Waals surface area (Å²) < 4.78 is 0. The molecule has 0 aromatic carbocycles. The Balaban J connectivity index is 1.75. The smallest absolute Gasteiger partial charge is 0.242 e. The van der Waals surface area contributed by atoms with Crippen LogP contribution in [0.1, 0.15) is 32.1 Å². The first kappa shape index (κ1) is 14.3. The van der Waals surface area contributed by atoms with Gasteiger partial charge >= 0.3 is 0 Å². The van der Waals surface area contributed by atoms with Crippen molar-refractivity contribution in [3.05, 3.63) is 5.28 Å². The number of anilines is 2. The van der Waals surface area contributed by atoms with E-state index >= 15 is 0 Å². The molecule has 3 rings (SSSR count). The zero-order valence-electron chi connectivity index (χ0n) is 11.8. The number of carbonyl (C=O) groups is 1. The number of rotatable bonds is 3. The van der Waals surface area contributed by atoms with Crippen LogP contribution in [0.4, 0.5) is 11.9 Å². The lowest BCUT2D eigenvalue weighted by molar-refractivity contribution is -0.123. The van der Waals surface area contributed by atoms with E-state index < -0.39 is 0 Å². The van der Waals surface area contributed by atoms with Gasteiger partial charge in [-0.15, -0.1) is 0 Å².